The van der Waals surface area contributed by atoms with Crippen molar-refractivity contribution in [1.82, 2.24) is 4.90 Å². The van der Waals surface area contributed by atoms with E-state index < -0.39 is 5.41 Å². The number of nitrogens with zero attached hydrogens (tertiary/aromatic N) is 2. The Morgan fingerprint density at radius 2 is 2.03 bits per heavy atom. The lowest BCUT2D eigenvalue weighted by Gasteiger charge is -2.38. The number of aryl methyl sites for hydroxylation is 1. The van der Waals surface area contributed by atoms with Crippen molar-refractivity contribution in [3.63, 3.8) is 0 Å². The molecule has 1 saturated heterocycles. The molecule has 0 aromatic heterocycles. The van der Waals surface area contributed by atoms with Crippen LogP contribution in [0.2, 0.25) is 5.02 Å². The van der Waals surface area contributed by atoms with Crippen molar-refractivity contribution < 1.29 is 9.53 Å². The van der Waals surface area contributed by atoms with Gasteiger partial charge in [0, 0.05) is 29.5 Å². The zero-order chi connectivity index (χ0) is 21.8. The van der Waals surface area contributed by atoms with Gasteiger partial charge in [-0.1, -0.05) is 31.0 Å². The van der Waals surface area contributed by atoms with Crippen LogP contribution in [0.1, 0.15) is 43.7 Å². The quantitative estimate of drug-likeness (QED) is 0.578. The number of carbonyl (C=O) groups excluding carboxylic acids is 1. The van der Waals surface area contributed by atoms with Crippen molar-refractivity contribution in [3.8, 4) is 5.75 Å². The summed E-state index contributed by atoms with van der Waals surface area (Å²) in [6.07, 6.45) is 5.64. The highest BCUT2D eigenvalue weighted by Gasteiger charge is 2.48. The van der Waals surface area contributed by atoms with Crippen molar-refractivity contribution in [2.75, 3.05) is 31.6 Å². The first-order chi connectivity index (χ1) is 15.0. The van der Waals surface area contributed by atoms with Gasteiger partial charge in [0.25, 0.3) is 0 Å². The Kier molecular flexibility index (Phi) is 6.63. The molecular formula is C25H30ClN3O2. The van der Waals surface area contributed by atoms with Crippen LogP contribution in [0.5, 0.6) is 5.75 Å². The molecule has 2 aliphatic rings. The second kappa shape index (κ2) is 9.41. The number of fused-ring (bicyclic) bond motifs is 2. The summed E-state index contributed by atoms with van der Waals surface area (Å²) in [6.45, 7) is 7.39. The Balaban J connectivity index is 1.31. The summed E-state index contributed by atoms with van der Waals surface area (Å²) in [5.74, 6) is 0.956. The van der Waals surface area contributed by atoms with Gasteiger partial charge in [0.2, 0.25) is 5.91 Å². The second-order valence-electron chi connectivity index (χ2n) is 8.46. The monoisotopic (exact) mass is 439 g/mol. The molecule has 1 N–H and O–H groups in total. The predicted octanol–water partition coefficient (Wildman–Crippen LogP) is 5.52. The molecule has 0 saturated carbocycles. The molecule has 31 heavy (non-hydrogen) atoms. The fraction of sp³-hybridized carbons (Fsp3) is 0.440. The lowest BCUT2D eigenvalue weighted by atomic mass is 9.73. The zero-order valence-electron chi connectivity index (χ0n) is 18.3. The van der Waals surface area contributed by atoms with Gasteiger partial charge >= 0.3 is 0 Å². The molecule has 0 bridgehead atoms. The van der Waals surface area contributed by atoms with Gasteiger partial charge in [0.15, 0.2) is 0 Å². The number of hydrogen-bond donors (Lipinski definition) is 1. The summed E-state index contributed by atoms with van der Waals surface area (Å²) in [6, 6.07) is 11.8. The topological polar surface area (TPSA) is 53.9 Å². The van der Waals surface area contributed by atoms with E-state index in [0.29, 0.717) is 11.6 Å². The van der Waals surface area contributed by atoms with Gasteiger partial charge in [-0.3, -0.25) is 14.7 Å². The fourth-order valence-electron chi connectivity index (χ4n) is 4.44. The van der Waals surface area contributed by atoms with Crippen molar-refractivity contribution in [3.05, 3.63) is 52.5 Å². The van der Waals surface area contributed by atoms with Crippen LogP contribution >= 0.6 is 11.6 Å². The van der Waals surface area contributed by atoms with Crippen molar-refractivity contribution >= 4 is 35.1 Å². The maximum absolute atomic E-state index is 12.8. The number of rotatable bonds is 7. The number of carbonyl (C=O) groups is 1. The molecule has 0 atom stereocenters. The highest BCUT2D eigenvalue weighted by Crippen LogP contribution is 2.45. The van der Waals surface area contributed by atoms with Crippen LogP contribution in [0, 0.1) is 6.92 Å². The van der Waals surface area contributed by atoms with Gasteiger partial charge in [0.1, 0.15) is 12.4 Å². The Bertz CT molecular complexity index is 981. The number of ether oxygens (including phenoxy) is 1. The molecule has 1 amide bonds. The molecule has 2 aromatic rings. The van der Waals surface area contributed by atoms with E-state index in [0.717, 1.165) is 73.6 Å². The molecule has 0 radical (unpaired) electrons. The van der Waals surface area contributed by atoms with Crippen LogP contribution in [-0.2, 0) is 10.2 Å². The molecule has 0 aliphatic carbocycles. The van der Waals surface area contributed by atoms with Crippen LogP contribution in [0.3, 0.4) is 0 Å². The molecule has 0 unspecified atom stereocenters. The zero-order valence-corrected chi connectivity index (χ0v) is 19.0. The minimum atomic E-state index is -0.445. The maximum Gasteiger partial charge on any atom is 0.235 e. The Labute approximate surface area is 189 Å². The average molecular weight is 440 g/mol. The van der Waals surface area contributed by atoms with Gasteiger partial charge in [-0.2, -0.15) is 0 Å². The average Bonchev–Trinajstić information content (AvgIpc) is 3.02. The third-order valence-electron chi connectivity index (χ3n) is 6.39. The van der Waals surface area contributed by atoms with Crippen LogP contribution in [-0.4, -0.2) is 43.3 Å². The molecule has 2 aliphatic heterocycles. The highest BCUT2D eigenvalue weighted by atomic mass is 35.5. The lowest BCUT2D eigenvalue weighted by molar-refractivity contribution is -0.122. The number of nitrogens with one attached hydrogen (secondary N) is 1. The first kappa shape index (κ1) is 21.8. The smallest absolute Gasteiger partial charge is 0.235 e. The number of amides is 1. The van der Waals surface area contributed by atoms with E-state index in [4.69, 9.17) is 16.3 Å². The third-order valence-corrected chi connectivity index (χ3v) is 6.63. The Morgan fingerprint density at radius 3 is 2.81 bits per heavy atom. The van der Waals surface area contributed by atoms with Crippen molar-refractivity contribution in [2.24, 2.45) is 4.99 Å². The molecule has 1 fully saturated rings. The molecule has 1 spiro atoms. The summed E-state index contributed by atoms with van der Waals surface area (Å²) in [7, 11) is 0. The Morgan fingerprint density at radius 1 is 1.23 bits per heavy atom. The molecule has 164 valence electrons. The third kappa shape index (κ3) is 4.63. The standard InChI is InChI=1S/C25H30ClN3O2/c1-3-4-11-27-23-17-20(7-5-18(23)2)31-15-14-29-12-9-25(10-13-29)21-16-19(26)6-8-22(21)28-24(25)30/h5-8,11,16-17H,3-4,9-10,12-15H2,1-2H3,(H,28,30). The predicted molar refractivity (Wildman–Crippen MR) is 127 cm³/mol. The number of unbranched alkanes of at least 4 members (excludes halogenated alkanes) is 1. The number of likely N-dealkylation sites (tertiary alicyclic amines) is 1. The number of halogens is 1. The minimum Gasteiger partial charge on any atom is -0.492 e. The number of anilines is 1. The van der Waals surface area contributed by atoms with E-state index in [1.165, 1.54) is 0 Å². The number of aliphatic imine (C=N–C) groups is 1. The van der Waals surface area contributed by atoms with E-state index in [1.54, 1.807) is 0 Å². The maximum atomic E-state index is 12.8. The van der Waals surface area contributed by atoms with Gasteiger partial charge in [-0.25, -0.2) is 0 Å². The normalized spacial score (nSPS) is 17.8. The molecule has 6 heteroatoms. The molecule has 2 aromatic carbocycles. The Hall–Kier alpha value is -2.37. The van der Waals surface area contributed by atoms with Gasteiger partial charge in [0.05, 0.1) is 11.1 Å². The minimum absolute atomic E-state index is 0.108. The van der Waals surface area contributed by atoms with Gasteiger partial charge in [-0.05, 0) is 74.7 Å². The molecule has 4 rings (SSSR count). The van der Waals surface area contributed by atoms with E-state index in [-0.39, 0.29) is 5.91 Å². The SMILES string of the molecule is CCCC=Nc1cc(OCCN2CCC3(CC2)C(=O)Nc2ccc(Cl)cc23)ccc1C. The van der Waals surface area contributed by atoms with Crippen LogP contribution in [0.15, 0.2) is 41.4 Å². The summed E-state index contributed by atoms with van der Waals surface area (Å²) < 4.78 is 6.01. The first-order valence-corrected chi connectivity index (χ1v) is 11.5. The van der Waals surface area contributed by atoms with Gasteiger partial charge < -0.3 is 10.1 Å². The van der Waals surface area contributed by atoms with Crippen LogP contribution in [0.4, 0.5) is 11.4 Å². The summed E-state index contributed by atoms with van der Waals surface area (Å²) in [5.41, 5.74) is 3.63. The van der Waals surface area contributed by atoms with Crippen molar-refractivity contribution in [2.45, 2.75) is 44.9 Å². The number of piperidine rings is 1. The molecule has 5 nitrogen and oxygen atoms in total. The van der Waals surface area contributed by atoms with Crippen LogP contribution < -0.4 is 10.1 Å². The van der Waals surface area contributed by atoms with E-state index >= 15 is 0 Å². The summed E-state index contributed by atoms with van der Waals surface area (Å²) in [5, 5.41) is 3.72. The van der Waals surface area contributed by atoms with Crippen molar-refractivity contribution in [1.29, 1.82) is 0 Å². The molecular weight excluding hydrogens is 410 g/mol. The largest absolute Gasteiger partial charge is 0.492 e. The second-order valence-corrected chi connectivity index (χ2v) is 8.90. The van der Waals surface area contributed by atoms with E-state index in [9.17, 15) is 4.79 Å². The van der Waals surface area contributed by atoms with E-state index in [1.807, 2.05) is 36.5 Å². The number of benzene rings is 2. The first-order valence-electron chi connectivity index (χ1n) is 11.1. The fourth-order valence-corrected chi connectivity index (χ4v) is 4.62. The highest BCUT2D eigenvalue weighted by molar-refractivity contribution is 6.31. The van der Waals surface area contributed by atoms with E-state index in [2.05, 4.69) is 35.1 Å². The van der Waals surface area contributed by atoms with Crippen LogP contribution in [0.25, 0.3) is 0 Å². The number of hydrogen-bond acceptors (Lipinski definition) is 4. The van der Waals surface area contributed by atoms with Gasteiger partial charge in [-0.15, -0.1) is 0 Å². The summed E-state index contributed by atoms with van der Waals surface area (Å²) >= 11 is 6.21. The molecule has 2 heterocycles. The summed E-state index contributed by atoms with van der Waals surface area (Å²) in [4.78, 5) is 19.7. The lowest BCUT2D eigenvalue weighted by Crippen LogP contribution is -2.47.